The highest BCUT2D eigenvalue weighted by molar-refractivity contribution is 5.53. The summed E-state index contributed by atoms with van der Waals surface area (Å²) in [6.07, 6.45) is 4.01. The van der Waals surface area contributed by atoms with E-state index in [0.717, 1.165) is 30.3 Å². The molecule has 1 aliphatic rings. The molecule has 112 valence electrons. The van der Waals surface area contributed by atoms with E-state index in [9.17, 15) is 4.39 Å². The summed E-state index contributed by atoms with van der Waals surface area (Å²) in [6, 6.07) is 5.07. The first-order valence-corrected chi connectivity index (χ1v) is 7.40. The van der Waals surface area contributed by atoms with Crippen LogP contribution in [-0.4, -0.2) is 33.9 Å². The predicted molar refractivity (Wildman–Crippen MR) is 80.6 cm³/mol. The Labute approximate surface area is 121 Å². The molecule has 20 heavy (non-hydrogen) atoms. The molecule has 0 unspecified atom stereocenters. The van der Waals surface area contributed by atoms with Crippen LogP contribution in [0.4, 0.5) is 10.1 Å². The minimum absolute atomic E-state index is 0.172. The molecular formula is C16H25FN2O. The maximum Gasteiger partial charge on any atom is 0.123 e. The third-order valence-corrected chi connectivity index (χ3v) is 4.01. The highest BCUT2D eigenvalue weighted by Crippen LogP contribution is 2.29. The van der Waals surface area contributed by atoms with Crippen LogP contribution in [0.1, 0.15) is 24.8 Å². The van der Waals surface area contributed by atoms with Crippen molar-refractivity contribution in [2.24, 2.45) is 5.92 Å². The van der Waals surface area contributed by atoms with Gasteiger partial charge in [0.05, 0.1) is 6.61 Å². The van der Waals surface area contributed by atoms with Crippen LogP contribution in [0.25, 0.3) is 0 Å². The SMILES string of the molecule is COCCNCc1cc(F)ccc1N(C)CC1CCC1. The molecule has 0 saturated heterocycles. The van der Waals surface area contributed by atoms with Crippen LogP contribution in [0.3, 0.4) is 0 Å². The van der Waals surface area contributed by atoms with Crippen molar-refractivity contribution in [3.05, 3.63) is 29.6 Å². The lowest BCUT2D eigenvalue weighted by Gasteiger charge is -2.32. The summed E-state index contributed by atoms with van der Waals surface area (Å²) in [5, 5.41) is 3.29. The Morgan fingerprint density at radius 2 is 2.20 bits per heavy atom. The fourth-order valence-electron chi connectivity index (χ4n) is 2.63. The van der Waals surface area contributed by atoms with E-state index in [1.807, 2.05) is 6.07 Å². The lowest BCUT2D eigenvalue weighted by molar-refractivity contribution is 0.199. The summed E-state index contributed by atoms with van der Waals surface area (Å²) in [5.41, 5.74) is 2.14. The summed E-state index contributed by atoms with van der Waals surface area (Å²) in [4.78, 5) is 2.26. The number of ether oxygens (including phenoxy) is 1. The normalized spacial score (nSPS) is 15.2. The Hall–Kier alpha value is -1.13. The number of halogens is 1. The molecule has 0 aromatic heterocycles. The molecule has 3 nitrogen and oxygen atoms in total. The van der Waals surface area contributed by atoms with Crippen LogP contribution in [0.5, 0.6) is 0 Å². The van der Waals surface area contributed by atoms with E-state index in [4.69, 9.17) is 4.74 Å². The van der Waals surface area contributed by atoms with Gasteiger partial charge < -0.3 is 15.0 Å². The zero-order valence-corrected chi connectivity index (χ0v) is 12.5. The van der Waals surface area contributed by atoms with Gasteiger partial charge in [-0.05, 0) is 42.5 Å². The van der Waals surface area contributed by atoms with E-state index >= 15 is 0 Å². The van der Waals surface area contributed by atoms with Crippen molar-refractivity contribution in [3.63, 3.8) is 0 Å². The minimum Gasteiger partial charge on any atom is -0.383 e. The molecule has 4 heteroatoms. The average Bonchev–Trinajstić information content (AvgIpc) is 2.39. The third kappa shape index (κ3) is 4.18. The third-order valence-electron chi connectivity index (χ3n) is 4.01. The lowest BCUT2D eigenvalue weighted by atomic mass is 9.85. The van der Waals surface area contributed by atoms with Crippen molar-refractivity contribution < 1.29 is 9.13 Å². The number of benzene rings is 1. The molecule has 0 spiro atoms. The zero-order chi connectivity index (χ0) is 14.4. The molecule has 0 atom stereocenters. The number of rotatable bonds is 8. The van der Waals surface area contributed by atoms with Crippen LogP contribution in [0.2, 0.25) is 0 Å². The largest absolute Gasteiger partial charge is 0.383 e. The minimum atomic E-state index is -0.172. The molecule has 1 saturated carbocycles. The number of hydrogen-bond donors (Lipinski definition) is 1. The molecule has 1 aromatic carbocycles. The number of anilines is 1. The van der Waals surface area contributed by atoms with E-state index in [1.54, 1.807) is 19.2 Å². The second-order valence-corrected chi connectivity index (χ2v) is 5.62. The Kier molecular flexibility index (Phi) is 5.80. The number of hydrogen-bond acceptors (Lipinski definition) is 3. The second kappa shape index (κ2) is 7.60. The van der Waals surface area contributed by atoms with Gasteiger partial charge in [0, 0.05) is 39.5 Å². The van der Waals surface area contributed by atoms with E-state index in [-0.39, 0.29) is 5.82 Å². The van der Waals surface area contributed by atoms with E-state index in [2.05, 4.69) is 17.3 Å². The van der Waals surface area contributed by atoms with Gasteiger partial charge in [-0.25, -0.2) is 4.39 Å². The molecule has 0 amide bonds. The topological polar surface area (TPSA) is 24.5 Å². The molecule has 2 rings (SSSR count). The number of nitrogens with zero attached hydrogens (tertiary/aromatic N) is 1. The van der Waals surface area contributed by atoms with Crippen molar-refractivity contribution in [1.82, 2.24) is 5.32 Å². The highest BCUT2D eigenvalue weighted by atomic mass is 19.1. The summed E-state index contributed by atoms with van der Waals surface area (Å²) in [5.74, 6) is 0.633. The van der Waals surface area contributed by atoms with Gasteiger partial charge in [0.2, 0.25) is 0 Å². The molecule has 0 bridgehead atoms. The average molecular weight is 280 g/mol. The molecular weight excluding hydrogens is 255 g/mol. The van der Waals surface area contributed by atoms with Crippen molar-refractivity contribution in [2.75, 3.05) is 38.8 Å². The van der Waals surface area contributed by atoms with Crippen LogP contribution in [0.15, 0.2) is 18.2 Å². The Morgan fingerprint density at radius 3 is 2.85 bits per heavy atom. The van der Waals surface area contributed by atoms with E-state index in [1.165, 1.54) is 19.3 Å². The van der Waals surface area contributed by atoms with Gasteiger partial charge in [0.15, 0.2) is 0 Å². The molecule has 0 aliphatic heterocycles. The zero-order valence-electron chi connectivity index (χ0n) is 12.5. The fraction of sp³-hybridized carbons (Fsp3) is 0.625. The van der Waals surface area contributed by atoms with Gasteiger partial charge in [-0.1, -0.05) is 6.42 Å². The first kappa shape index (κ1) is 15.3. The summed E-state index contributed by atoms with van der Waals surface area (Å²) in [7, 11) is 3.78. The van der Waals surface area contributed by atoms with Crippen LogP contribution in [-0.2, 0) is 11.3 Å². The molecule has 0 radical (unpaired) electrons. The molecule has 1 aromatic rings. The highest BCUT2D eigenvalue weighted by Gasteiger charge is 2.20. The van der Waals surface area contributed by atoms with Crippen molar-refractivity contribution in [1.29, 1.82) is 0 Å². The summed E-state index contributed by atoms with van der Waals surface area (Å²) in [6.45, 7) is 3.18. The maximum atomic E-state index is 13.5. The quantitative estimate of drug-likeness (QED) is 0.741. The van der Waals surface area contributed by atoms with E-state index < -0.39 is 0 Å². The summed E-state index contributed by atoms with van der Waals surface area (Å²) < 4.78 is 18.5. The van der Waals surface area contributed by atoms with Crippen molar-refractivity contribution in [3.8, 4) is 0 Å². The maximum absolute atomic E-state index is 13.5. The van der Waals surface area contributed by atoms with Gasteiger partial charge in [0.25, 0.3) is 0 Å². The molecule has 1 aliphatic carbocycles. The van der Waals surface area contributed by atoms with Crippen LogP contribution < -0.4 is 10.2 Å². The molecule has 1 fully saturated rings. The number of methoxy groups -OCH3 is 1. The first-order valence-electron chi connectivity index (χ1n) is 7.40. The summed E-state index contributed by atoms with van der Waals surface area (Å²) >= 11 is 0. The smallest absolute Gasteiger partial charge is 0.123 e. The standard InChI is InChI=1S/C16H25FN2O/c1-19(12-13-4-3-5-13)16-7-6-15(17)10-14(16)11-18-8-9-20-2/h6-7,10,13,18H,3-5,8-9,11-12H2,1-2H3. The van der Waals surface area contributed by atoms with Crippen molar-refractivity contribution in [2.45, 2.75) is 25.8 Å². The Bertz CT molecular complexity index is 421. The predicted octanol–water partition coefficient (Wildman–Crippen LogP) is 2.80. The Balaban J connectivity index is 1.98. The Morgan fingerprint density at radius 1 is 1.40 bits per heavy atom. The first-order chi connectivity index (χ1) is 9.70. The fourth-order valence-corrected chi connectivity index (χ4v) is 2.63. The monoisotopic (exact) mass is 280 g/mol. The van der Waals surface area contributed by atoms with Crippen LogP contribution >= 0.6 is 0 Å². The number of nitrogens with one attached hydrogen (secondary N) is 1. The van der Waals surface area contributed by atoms with E-state index in [0.29, 0.717) is 13.2 Å². The molecule has 0 heterocycles. The molecule has 1 N–H and O–H groups in total. The second-order valence-electron chi connectivity index (χ2n) is 5.62. The van der Waals surface area contributed by atoms with Gasteiger partial charge in [-0.15, -0.1) is 0 Å². The van der Waals surface area contributed by atoms with Crippen LogP contribution in [0, 0.1) is 11.7 Å². The van der Waals surface area contributed by atoms with Gasteiger partial charge in [-0.2, -0.15) is 0 Å². The lowest BCUT2D eigenvalue weighted by Crippen LogP contribution is -2.30. The van der Waals surface area contributed by atoms with Crippen molar-refractivity contribution >= 4 is 5.69 Å². The van der Waals surface area contributed by atoms with Gasteiger partial charge in [0.1, 0.15) is 5.82 Å². The van der Waals surface area contributed by atoms with Gasteiger partial charge >= 0.3 is 0 Å². The van der Waals surface area contributed by atoms with Gasteiger partial charge in [-0.3, -0.25) is 0 Å².